The van der Waals surface area contributed by atoms with Gasteiger partial charge in [0.05, 0.1) is 0 Å². The molecule has 0 bridgehead atoms. The number of H-pyrrole nitrogens is 1. The molecule has 1 aromatic heterocycles. The van der Waals surface area contributed by atoms with Crippen molar-refractivity contribution in [3.8, 4) is 0 Å². The Hall–Kier alpha value is -0.990. The van der Waals surface area contributed by atoms with Gasteiger partial charge in [0, 0.05) is 35.2 Å². The molecule has 0 amide bonds. The third-order valence-corrected chi connectivity index (χ3v) is 4.94. The van der Waals surface area contributed by atoms with E-state index in [-0.39, 0.29) is 0 Å². The molecule has 0 atom stereocenters. The molecule has 0 aliphatic heterocycles. The molecule has 2 nitrogen and oxygen atoms in total. The lowest BCUT2D eigenvalue weighted by Gasteiger charge is -2.41. The van der Waals surface area contributed by atoms with Gasteiger partial charge >= 0.3 is 0 Å². The second kappa shape index (κ2) is 5.18. The number of aromatic amines is 1. The predicted molar refractivity (Wildman–Crippen MR) is 81.6 cm³/mol. The summed E-state index contributed by atoms with van der Waals surface area (Å²) in [4.78, 5) is 3.29. The molecule has 1 aromatic carbocycles. The van der Waals surface area contributed by atoms with Crippen LogP contribution in [-0.4, -0.2) is 11.5 Å². The normalized spacial score (nSPS) is 17.6. The minimum atomic E-state index is 0.579. The van der Waals surface area contributed by atoms with Crippen LogP contribution < -0.4 is 5.32 Å². The minimum absolute atomic E-state index is 0.579. The molecule has 1 saturated carbocycles. The van der Waals surface area contributed by atoms with Gasteiger partial charge in [-0.25, -0.2) is 0 Å². The highest BCUT2D eigenvalue weighted by molar-refractivity contribution is 6.31. The average Bonchev–Trinajstić information content (AvgIpc) is 2.75. The molecular weight excluding hydrogens is 256 g/mol. The van der Waals surface area contributed by atoms with E-state index in [4.69, 9.17) is 11.6 Å². The first-order chi connectivity index (χ1) is 9.22. The Labute approximate surface area is 119 Å². The summed E-state index contributed by atoms with van der Waals surface area (Å²) in [6, 6.07) is 6.05. The van der Waals surface area contributed by atoms with E-state index < -0.39 is 0 Å². The fourth-order valence-electron chi connectivity index (χ4n) is 3.10. The molecule has 0 unspecified atom stereocenters. The molecule has 0 radical (unpaired) electrons. The third kappa shape index (κ3) is 2.52. The summed E-state index contributed by atoms with van der Waals surface area (Å²) >= 11 is 6.00. The Kier molecular flexibility index (Phi) is 3.55. The van der Waals surface area contributed by atoms with Crippen molar-refractivity contribution in [3.05, 3.63) is 35.0 Å². The molecule has 1 aliphatic rings. The fraction of sp³-hybridized carbons (Fsp3) is 0.500. The highest BCUT2D eigenvalue weighted by atomic mass is 35.5. The Morgan fingerprint density at radius 3 is 2.89 bits per heavy atom. The van der Waals surface area contributed by atoms with Crippen LogP contribution in [0.3, 0.4) is 0 Å². The van der Waals surface area contributed by atoms with E-state index in [9.17, 15) is 0 Å². The zero-order chi connectivity index (χ0) is 13.3. The molecule has 2 N–H and O–H groups in total. The van der Waals surface area contributed by atoms with Gasteiger partial charge in [-0.15, -0.1) is 0 Å². The molecule has 102 valence electrons. The van der Waals surface area contributed by atoms with Crippen LogP contribution in [0.4, 0.5) is 0 Å². The molecule has 3 heteroatoms. The van der Waals surface area contributed by atoms with Crippen molar-refractivity contribution >= 4 is 22.5 Å². The van der Waals surface area contributed by atoms with E-state index >= 15 is 0 Å². The summed E-state index contributed by atoms with van der Waals surface area (Å²) in [5.74, 6) is 0. The summed E-state index contributed by atoms with van der Waals surface area (Å²) in [5.41, 5.74) is 3.03. The number of hydrogen-bond donors (Lipinski definition) is 2. The number of rotatable bonds is 5. The van der Waals surface area contributed by atoms with E-state index in [1.54, 1.807) is 0 Å². The van der Waals surface area contributed by atoms with Gasteiger partial charge in [-0.1, -0.05) is 31.0 Å². The van der Waals surface area contributed by atoms with Gasteiger partial charge in [-0.3, -0.25) is 0 Å². The highest BCUT2D eigenvalue weighted by Crippen LogP contribution is 2.43. The van der Waals surface area contributed by atoms with Crippen molar-refractivity contribution in [2.24, 2.45) is 5.41 Å². The molecule has 1 heterocycles. The lowest BCUT2D eigenvalue weighted by Crippen LogP contribution is -2.39. The summed E-state index contributed by atoms with van der Waals surface area (Å²) in [6.07, 6.45) is 7.57. The van der Waals surface area contributed by atoms with Gasteiger partial charge in [0.2, 0.25) is 0 Å². The number of nitrogens with one attached hydrogen (secondary N) is 2. The van der Waals surface area contributed by atoms with Crippen molar-refractivity contribution in [2.75, 3.05) is 6.54 Å². The summed E-state index contributed by atoms with van der Waals surface area (Å²) < 4.78 is 0. The van der Waals surface area contributed by atoms with E-state index in [1.807, 2.05) is 12.1 Å². The number of hydrogen-bond acceptors (Lipinski definition) is 1. The van der Waals surface area contributed by atoms with Crippen molar-refractivity contribution in [3.63, 3.8) is 0 Å². The minimum Gasteiger partial charge on any atom is -0.361 e. The lowest BCUT2D eigenvalue weighted by atomic mass is 9.67. The predicted octanol–water partition coefficient (Wildman–Crippen LogP) is 4.49. The monoisotopic (exact) mass is 276 g/mol. The summed E-state index contributed by atoms with van der Waals surface area (Å²) in [7, 11) is 0. The van der Waals surface area contributed by atoms with Crippen LogP contribution in [0.1, 0.15) is 38.2 Å². The highest BCUT2D eigenvalue weighted by Gasteiger charge is 2.34. The summed E-state index contributed by atoms with van der Waals surface area (Å²) in [5, 5.41) is 5.69. The van der Waals surface area contributed by atoms with Crippen LogP contribution >= 0.6 is 11.6 Å². The zero-order valence-electron chi connectivity index (χ0n) is 11.4. The van der Waals surface area contributed by atoms with Gasteiger partial charge in [-0.05, 0) is 42.4 Å². The molecule has 0 spiro atoms. The standard InChI is InChI=1S/C16H21ClN2/c1-2-16(6-3-7-16)11-18-9-12-10-19-15-8-13(17)4-5-14(12)15/h4-5,8,10,18-19H,2-3,6-7,9,11H2,1H3. The molecule has 1 fully saturated rings. The van der Waals surface area contributed by atoms with Crippen LogP contribution in [0.15, 0.2) is 24.4 Å². The topological polar surface area (TPSA) is 27.8 Å². The maximum Gasteiger partial charge on any atom is 0.0472 e. The molecule has 1 aliphatic carbocycles. The molecular formula is C16H21ClN2. The van der Waals surface area contributed by atoms with Crippen molar-refractivity contribution in [2.45, 2.75) is 39.2 Å². The third-order valence-electron chi connectivity index (χ3n) is 4.71. The quantitative estimate of drug-likeness (QED) is 0.827. The van der Waals surface area contributed by atoms with E-state index in [0.717, 1.165) is 23.6 Å². The van der Waals surface area contributed by atoms with E-state index in [2.05, 4.69) is 29.5 Å². The fourth-order valence-corrected chi connectivity index (χ4v) is 3.27. The van der Waals surface area contributed by atoms with Gasteiger partial charge in [0.25, 0.3) is 0 Å². The summed E-state index contributed by atoms with van der Waals surface area (Å²) in [6.45, 7) is 4.39. The Morgan fingerprint density at radius 1 is 1.37 bits per heavy atom. The first kappa shape index (κ1) is 13.0. The zero-order valence-corrected chi connectivity index (χ0v) is 12.2. The van der Waals surface area contributed by atoms with Gasteiger partial charge in [0.1, 0.15) is 0 Å². The number of halogens is 1. The van der Waals surface area contributed by atoms with Crippen LogP contribution in [0, 0.1) is 5.41 Å². The maximum atomic E-state index is 6.00. The first-order valence-electron chi connectivity index (χ1n) is 7.19. The Bertz CT molecular complexity index is 564. The Morgan fingerprint density at radius 2 is 2.21 bits per heavy atom. The lowest BCUT2D eigenvalue weighted by molar-refractivity contribution is 0.124. The van der Waals surface area contributed by atoms with Crippen molar-refractivity contribution in [1.82, 2.24) is 10.3 Å². The second-order valence-corrected chi connectivity index (χ2v) is 6.25. The average molecular weight is 277 g/mol. The van der Waals surface area contributed by atoms with Crippen LogP contribution in [-0.2, 0) is 6.54 Å². The maximum absolute atomic E-state index is 6.00. The van der Waals surface area contributed by atoms with Gasteiger partial charge in [-0.2, -0.15) is 0 Å². The van der Waals surface area contributed by atoms with E-state index in [1.165, 1.54) is 36.6 Å². The molecule has 3 rings (SSSR count). The largest absolute Gasteiger partial charge is 0.361 e. The Balaban J connectivity index is 1.65. The smallest absolute Gasteiger partial charge is 0.0472 e. The van der Waals surface area contributed by atoms with Crippen LogP contribution in [0.5, 0.6) is 0 Å². The van der Waals surface area contributed by atoms with Crippen LogP contribution in [0.25, 0.3) is 10.9 Å². The number of benzene rings is 1. The van der Waals surface area contributed by atoms with Crippen molar-refractivity contribution < 1.29 is 0 Å². The number of aromatic nitrogens is 1. The van der Waals surface area contributed by atoms with Crippen LogP contribution in [0.2, 0.25) is 5.02 Å². The number of fused-ring (bicyclic) bond motifs is 1. The van der Waals surface area contributed by atoms with Crippen molar-refractivity contribution in [1.29, 1.82) is 0 Å². The second-order valence-electron chi connectivity index (χ2n) is 5.81. The van der Waals surface area contributed by atoms with E-state index in [0.29, 0.717) is 5.41 Å². The van der Waals surface area contributed by atoms with Gasteiger partial charge < -0.3 is 10.3 Å². The molecule has 2 aromatic rings. The first-order valence-corrected chi connectivity index (χ1v) is 7.56. The molecule has 0 saturated heterocycles. The SMILES string of the molecule is CCC1(CNCc2c[nH]c3cc(Cl)ccc23)CCC1. The van der Waals surface area contributed by atoms with Gasteiger partial charge in [0.15, 0.2) is 0 Å². The molecule has 19 heavy (non-hydrogen) atoms.